The van der Waals surface area contributed by atoms with E-state index >= 15 is 0 Å². The van der Waals surface area contributed by atoms with E-state index in [2.05, 4.69) is 10.1 Å². The first-order chi connectivity index (χ1) is 7.02. The quantitative estimate of drug-likeness (QED) is 0.584. The third-order valence-corrected chi connectivity index (χ3v) is 2.04. The summed E-state index contributed by atoms with van der Waals surface area (Å²) in [5.74, 6) is -0.296. The number of rotatable bonds is 3. The fraction of sp³-hybridized carbons (Fsp3) is 0.364. The van der Waals surface area contributed by atoms with Gasteiger partial charge in [0.15, 0.2) is 0 Å². The van der Waals surface area contributed by atoms with Crippen molar-refractivity contribution in [3.05, 3.63) is 23.8 Å². The highest BCUT2D eigenvalue weighted by Gasteiger charge is 2.12. The standard InChI is InChI=1S/C11H16N2O2/c1-7-4-9(12)6-10(5-7)13-8(2)11(14)15-3/h4-6,8,13H,12H2,1-3H3. The fourth-order valence-corrected chi connectivity index (χ4v) is 1.38. The summed E-state index contributed by atoms with van der Waals surface area (Å²) >= 11 is 0. The highest BCUT2D eigenvalue weighted by atomic mass is 16.5. The maximum atomic E-state index is 11.2. The van der Waals surface area contributed by atoms with Crippen LogP contribution in [0.3, 0.4) is 0 Å². The second-order valence-corrected chi connectivity index (χ2v) is 3.52. The highest BCUT2D eigenvalue weighted by Crippen LogP contribution is 2.16. The molecule has 15 heavy (non-hydrogen) atoms. The summed E-state index contributed by atoms with van der Waals surface area (Å²) < 4.78 is 4.61. The van der Waals surface area contributed by atoms with E-state index < -0.39 is 0 Å². The highest BCUT2D eigenvalue weighted by molar-refractivity contribution is 5.79. The number of benzene rings is 1. The van der Waals surface area contributed by atoms with Gasteiger partial charge in [0.05, 0.1) is 7.11 Å². The molecule has 0 heterocycles. The number of nitrogens with one attached hydrogen (secondary N) is 1. The minimum Gasteiger partial charge on any atom is -0.467 e. The number of hydrogen-bond donors (Lipinski definition) is 2. The van der Waals surface area contributed by atoms with Crippen LogP contribution in [0, 0.1) is 6.92 Å². The van der Waals surface area contributed by atoms with Crippen LogP contribution in [0.1, 0.15) is 12.5 Å². The summed E-state index contributed by atoms with van der Waals surface area (Å²) in [4.78, 5) is 11.2. The van der Waals surface area contributed by atoms with Crippen LogP contribution in [0.4, 0.5) is 11.4 Å². The van der Waals surface area contributed by atoms with E-state index in [4.69, 9.17) is 5.73 Å². The Balaban J connectivity index is 2.76. The minimum absolute atomic E-state index is 0.296. The van der Waals surface area contributed by atoms with Gasteiger partial charge in [0.25, 0.3) is 0 Å². The number of esters is 1. The number of ether oxygens (including phenoxy) is 1. The van der Waals surface area contributed by atoms with Crippen LogP contribution in [-0.2, 0) is 9.53 Å². The average molecular weight is 208 g/mol. The van der Waals surface area contributed by atoms with E-state index in [1.54, 1.807) is 13.0 Å². The molecule has 0 fully saturated rings. The van der Waals surface area contributed by atoms with Crippen LogP contribution in [0.5, 0.6) is 0 Å². The molecule has 0 saturated heterocycles. The van der Waals surface area contributed by atoms with Crippen LogP contribution in [0.15, 0.2) is 18.2 Å². The molecule has 4 nitrogen and oxygen atoms in total. The van der Waals surface area contributed by atoms with E-state index in [1.165, 1.54) is 7.11 Å². The van der Waals surface area contributed by atoms with Crippen LogP contribution >= 0.6 is 0 Å². The molecule has 0 aliphatic carbocycles. The number of nitrogen functional groups attached to an aromatic ring is 1. The van der Waals surface area contributed by atoms with E-state index in [0.717, 1.165) is 11.3 Å². The zero-order valence-electron chi connectivity index (χ0n) is 9.20. The Kier molecular flexibility index (Phi) is 3.55. The Labute approximate surface area is 89.4 Å². The third-order valence-electron chi connectivity index (χ3n) is 2.04. The summed E-state index contributed by atoms with van der Waals surface area (Å²) in [6.45, 7) is 3.69. The van der Waals surface area contributed by atoms with Gasteiger partial charge < -0.3 is 15.8 Å². The lowest BCUT2D eigenvalue weighted by molar-refractivity contribution is -0.141. The smallest absolute Gasteiger partial charge is 0.327 e. The molecule has 0 aliphatic rings. The van der Waals surface area contributed by atoms with Gasteiger partial charge in [-0.2, -0.15) is 0 Å². The van der Waals surface area contributed by atoms with Crippen molar-refractivity contribution in [1.29, 1.82) is 0 Å². The van der Waals surface area contributed by atoms with Crippen molar-refractivity contribution in [1.82, 2.24) is 0 Å². The van der Waals surface area contributed by atoms with Crippen molar-refractivity contribution < 1.29 is 9.53 Å². The van der Waals surface area contributed by atoms with E-state index in [0.29, 0.717) is 5.69 Å². The number of hydrogen-bond acceptors (Lipinski definition) is 4. The van der Waals surface area contributed by atoms with Gasteiger partial charge in [-0.05, 0) is 37.6 Å². The molecule has 0 aliphatic heterocycles. The normalized spacial score (nSPS) is 11.9. The molecular formula is C11H16N2O2. The first-order valence-electron chi connectivity index (χ1n) is 4.74. The first kappa shape index (κ1) is 11.4. The number of carbonyl (C=O) groups is 1. The Morgan fingerprint density at radius 3 is 2.67 bits per heavy atom. The average Bonchev–Trinajstić information content (AvgIpc) is 2.14. The SMILES string of the molecule is COC(=O)C(C)Nc1cc(C)cc(N)c1. The molecule has 0 aromatic heterocycles. The Morgan fingerprint density at radius 2 is 2.13 bits per heavy atom. The van der Waals surface area contributed by atoms with Gasteiger partial charge in [0.2, 0.25) is 0 Å². The second-order valence-electron chi connectivity index (χ2n) is 3.52. The van der Waals surface area contributed by atoms with Gasteiger partial charge in [-0.3, -0.25) is 0 Å². The lowest BCUT2D eigenvalue weighted by atomic mass is 10.2. The summed E-state index contributed by atoms with van der Waals surface area (Å²) in [7, 11) is 1.37. The second kappa shape index (κ2) is 4.68. The zero-order chi connectivity index (χ0) is 11.4. The van der Waals surface area contributed by atoms with Crippen molar-refractivity contribution in [2.24, 2.45) is 0 Å². The van der Waals surface area contributed by atoms with Crippen LogP contribution < -0.4 is 11.1 Å². The molecule has 1 aromatic rings. The predicted molar refractivity (Wildman–Crippen MR) is 60.7 cm³/mol. The molecule has 82 valence electrons. The number of anilines is 2. The zero-order valence-corrected chi connectivity index (χ0v) is 9.20. The van der Waals surface area contributed by atoms with Crippen LogP contribution in [-0.4, -0.2) is 19.1 Å². The Morgan fingerprint density at radius 1 is 1.47 bits per heavy atom. The molecule has 3 N–H and O–H groups in total. The topological polar surface area (TPSA) is 64.3 Å². The minimum atomic E-state index is -0.379. The summed E-state index contributed by atoms with van der Waals surface area (Å²) in [6.07, 6.45) is 0. The number of nitrogens with two attached hydrogens (primary N) is 1. The molecule has 0 amide bonds. The molecule has 1 atom stereocenters. The Bertz CT molecular complexity index is 343. The lowest BCUT2D eigenvalue weighted by Gasteiger charge is -2.13. The Hall–Kier alpha value is -1.71. The van der Waals surface area contributed by atoms with E-state index in [-0.39, 0.29) is 12.0 Å². The van der Waals surface area contributed by atoms with E-state index in [9.17, 15) is 4.79 Å². The van der Waals surface area contributed by atoms with Gasteiger partial charge >= 0.3 is 5.97 Å². The maximum Gasteiger partial charge on any atom is 0.327 e. The number of methoxy groups -OCH3 is 1. The van der Waals surface area contributed by atoms with E-state index in [1.807, 2.05) is 19.1 Å². The van der Waals surface area contributed by atoms with Crippen LogP contribution in [0.2, 0.25) is 0 Å². The molecule has 0 spiro atoms. The van der Waals surface area contributed by atoms with Crippen molar-refractivity contribution in [2.45, 2.75) is 19.9 Å². The molecule has 4 heteroatoms. The largest absolute Gasteiger partial charge is 0.467 e. The van der Waals surface area contributed by atoms with Crippen LogP contribution in [0.25, 0.3) is 0 Å². The monoisotopic (exact) mass is 208 g/mol. The van der Waals surface area contributed by atoms with Crippen molar-refractivity contribution in [3.8, 4) is 0 Å². The van der Waals surface area contributed by atoms with Crippen molar-refractivity contribution in [3.63, 3.8) is 0 Å². The molecule has 1 rings (SSSR count). The lowest BCUT2D eigenvalue weighted by Crippen LogP contribution is -2.27. The summed E-state index contributed by atoms with van der Waals surface area (Å²) in [5.41, 5.74) is 8.24. The molecule has 1 aromatic carbocycles. The van der Waals surface area contributed by atoms with Gasteiger partial charge in [-0.15, -0.1) is 0 Å². The van der Waals surface area contributed by atoms with Crippen molar-refractivity contribution in [2.75, 3.05) is 18.2 Å². The molecule has 0 bridgehead atoms. The predicted octanol–water partition coefficient (Wildman–Crippen LogP) is 1.55. The number of carbonyl (C=O) groups excluding carboxylic acids is 1. The first-order valence-corrected chi connectivity index (χ1v) is 4.74. The third kappa shape index (κ3) is 3.16. The fourth-order valence-electron chi connectivity index (χ4n) is 1.38. The van der Waals surface area contributed by atoms with Gasteiger partial charge in [-0.25, -0.2) is 4.79 Å². The summed E-state index contributed by atoms with van der Waals surface area (Å²) in [6, 6.07) is 5.20. The van der Waals surface area contributed by atoms with Gasteiger partial charge in [-0.1, -0.05) is 0 Å². The molecule has 0 saturated carbocycles. The van der Waals surface area contributed by atoms with Gasteiger partial charge in [0, 0.05) is 11.4 Å². The van der Waals surface area contributed by atoms with Gasteiger partial charge in [0.1, 0.15) is 6.04 Å². The molecule has 0 radical (unpaired) electrons. The summed E-state index contributed by atoms with van der Waals surface area (Å²) in [5, 5.41) is 3.02. The molecular weight excluding hydrogens is 192 g/mol. The maximum absolute atomic E-state index is 11.2. The molecule has 1 unspecified atom stereocenters. The van der Waals surface area contributed by atoms with Crippen molar-refractivity contribution >= 4 is 17.3 Å². The number of aryl methyl sites for hydroxylation is 1.